The number of nitrogens with zero attached hydrogens (tertiary/aromatic N) is 1. The van der Waals surface area contributed by atoms with Crippen LogP contribution in [0.25, 0.3) is 0 Å². The maximum atomic E-state index is 10.5. The van der Waals surface area contributed by atoms with E-state index in [0.29, 0.717) is 5.75 Å². The van der Waals surface area contributed by atoms with Gasteiger partial charge in [0.25, 0.3) is 0 Å². The van der Waals surface area contributed by atoms with Crippen LogP contribution in [0.1, 0.15) is 17.5 Å². The van der Waals surface area contributed by atoms with Gasteiger partial charge in [0, 0.05) is 17.8 Å². The molecule has 0 amide bonds. The topological polar surface area (TPSA) is 59.4 Å². The third-order valence-corrected chi connectivity index (χ3v) is 1.49. The number of aromatic carboxylic acids is 1. The average Bonchev–Trinajstić information content (AvgIpc) is 2.05. The molecule has 0 aromatic carbocycles. The Hall–Kier alpha value is 0.0564. The monoisotopic (exact) mass is 207 g/mol. The van der Waals surface area contributed by atoms with Gasteiger partial charge in [-0.05, 0) is 6.92 Å². The van der Waals surface area contributed by atoms with E-state index in [1.165, 1.54) is 19.4 Å². The van der Waals surface area contributed by atoms with Crippen LogP contribution in [0.5, 0.6) is 5.75 Å². The molecule has 4 nitrogen and oxygen atoms in total. The van der Waals surface area contributed by atoms with Crippen LogP contribution in [0.2, 0.25) is 0 Å². The van der Waals surface area contributed by atoms with Crippen LogP contribution >= 0.6 is 0 Å². The Morgan fingerprint density at radius 3 is 2.77 bits per heavy atom. The molecule has 0 unspecified atom stereocenters. The van der Waals surface area contributed by atoms with Crippen molar-refractivity contribution in [3.63, 3.8) is 0 Å². The van der Waals surface area contributed by atoms with Crippen molar-refractivity contribution in [2.45, 2.75) is 6.92 Å². The van der Waals surface area contributed by atoms with Crippen molar-refractivity contribution in [3.05, 3.63) is 23.5 Å². The molecule has 0 saturated carbocycles. The van der Waals surface area contributed by atoms with Crippen molar-refractivity contribution in [3.8, 4) is 5.75 Å². The van der Waals surface area contributed by atoms with E-state index in [9.17, 15) is 4.79 Å². The van der Waals surface area contributed by atoms with Gasteiger partial charge in [-0.15, -0.1) is 0 Å². The van der Waals surface area contributed by atoms with Gasteiger partial charge in [0.15, 0.2) is 5.69 Å². The van der Waals surface area contributed by atoms with Gasteiger partial charge in [-0.1, -0.05) is 0 Å². The third-order valence-electron chi connectivity index (χ3n) is 1.49. The Balaban J connectivity index is 0. The Bertz CT molecular complexity index is 319. The van der Waals surface area contributed by atoms with Crippen LogP contribution < -0.4 is 56.1 Å². The molecular formula is C8H10KNO3. The number of rotatable bonds is 2. The van der Waals surface area contributed by atoms with E-state index < -0.39 is 5.97 Å². The van der Waals surface area contributed by atoms with Gasteiger partial charge in [0.05, 0.1) is 7.11 Å². The summed E-state index contributed by atoms with van der Waals surface area (Å²) in [6.45, 7) is 1.80. The Kier molecular flexibility index (Phi) is 5.74. The summed E-state index contributed by atoms with van der Waals surface area (Å²) >= 11 is 0. The van der Waals surface area contributed by atoms with E-state index >= 15 is 0 Å². The van der Waals surface area contributed by atoms with Gasteiger partial charge < -0.3 is 11.3 Å². The number of ether oxygens (including phenoxy) is 1. The molecule has 1 aromatic heterocycles. The van der Waals surface area contributed by atoms with Crippen molar-refractivity contribution in [2.24, 2.45) is 0 Å². The molecule has 0 saturated heterocycles. The Labute approximate surface area is 120 Å². The Morgan fingerprint density at radius 2 is 2.31 bits per heavy atom. The van der Waals surface area contributed by atoms with E-state index in [1.54, 1.807) is 6.92 Å². The van der Waals surface area contributed by atoms with Crippen molar-refractivity contribution < 1.29 is 67.4 Å². The van der Waals surface area contributed by atoms with E-state index in [2.05, 4.69) is 4.98 Å². The minimum Gasteiger partial charge on any atom is -1.00 e. The molecule has 1 rings (SSSR count). The van der Waals surface area contributed by atoms with E-state index in [-0.39, 0.29) is 58.5 Å². The van der Waals surface area contributed by atoms with Crippen LogP contribution in [-0.4, -0.2) is 23.2 Å². The number of carboxylic acid groups (broad SMARTS) is 1. The fourth-order valence-corrected chi connectivity index (χ4v) is 0.842. The molecule has 13 heavy (non-hydrogen) atoms. The first kappa shape index (κ1) is 13.1. The van der Waals surface area contributed by atoms with E-state index in [1.807, 2.05) is 0 Å². The van der Waals surface area contributed by atoms with Crippen LogP contribution in [0, 0.1) is 6.92 Å². The number of carboxylic acids is 1. The maximum absolute atomic E-state index is 10.5. The summed E-state index contributed by atoms with van der Waals surface area (Å²) in [5, 5.41) is 8.58. The predicted octanol–water partition coefficient (Wildman–Crippen LogP) is -1.79. The normalized spacial score (nSPS) is 8.77. The molecule has 0 fully saturated rings. The zero-order chi connectivity index (χ0) is 9.14. The second-order valence-electron chi connectivity index (χ2n) is 2.34. The summed E-state index contributed by atoms with van der Waals surface area (Å²) in [6, 6.07) is 1.40. The second-order valence-corrected chi connectivity index (χ2v) is 2.34. The number of aromatic nitrogens is 1. The summed E-state index contributed by atoms with van der Waals surface area (Å²) in [6.07, 6.45) is 1.47. The molecule has 1 N–H and O–H groups in total. The van der Waals surface area contributed by atoms with Gasteiger partial charge in [0.2, 0.25) is 0 Å². The first-order valence-electron chi connectivity index (χ1n) is 3.39. The van der Waals surface area contributed by atoms with Crippen LogP contribution in [0.4, 0.5) is 0 Å². The number of aryl methyl sites for hydroxylation is 1. The first-order chi connectivity index (χ1) is 5.65. The maximum Gasteiger partial charge on any atom is 1.00 e. The van der Waals surface area contributed by atoms with Crippen LogP contribution in [0.3, 0.4) is 0 Å². The van der Waals surface area contributed by atoms with E-state index in [0.717, 1.165) is 5.56 Å². The molecule has 1 aromatic rings. The SMILES string of the molecule is COc1cc(C(=O)O)ncc1C.[H-].[K+]. The molecule has 0 bridgehead atoms. The smallest absolute Gasteiger partial charge is 1.00 e. The molecule has 66 valence electrons. The zero-order valence-corrected chi connectivity index (χ0v) is 11.0. The van der Waals surface area contributed by atoms with Gasteiger partial charge in [0.1, 0.15) is 5.75 Å². The third kappa shape index (κ3) is 3.36. The van der Waals surface area contributed by atoms with Gasteiger partial charge in [-0.3, -0.25) is 0 Å². The summed E-state index contributed by atoms with van der Waals surface area (Å²) < 4.78 is 4.93. The fourth-order valence-electron chi connectivity index (χ4n) is 0.842. The fraction of sp³-hybridized carbons (Fsp3) is 0.250. The molecule has 0 aliphatic rings. The van der Waals surface area contributed by atoms with Crippen LogP contribution in [-0.2, 0) is 0 Å². The van der Waals surface area contributed by atoms with Crippen molar-refractivity contribution in [2.75, 3.05) is 7.11 Å². The summed E-state index contributed by atoms with van der Waals surface area (Å²) in [5.74, 6) is -0.504. The summed E-state index contributed by atoms with van der Waals surface area (Å²) in [4.78, 5) is 14.2. The second kappa shape index (κ2) is 5.72. The number of carbonyl (C=O) groups is 1. The number of hydrogen-bond donors (Lipinski definition) is 1. The predicted molar refractivity (Wildman–Crippen MR) is 43.6 cm³/mol. The standard InChI is InChI=1S/C8H9NO3.K.H/c1-5-4-9-6(8(10)11)3-7(5)12-2;;/h3-4H,1-2H3,(H,10,11);;/q;+1;-1. The minimum absolute atomic E-state index is 0. The molecule has 1 heterocycles. The van der Waals surface area contributed by atoms with Gasteiger partial charge in [-0.25, -0.2) is 9.78 Å². The largest absolute Gasteiger partial charge is 1.00 e. The number of pyridine rings is 1. The quantitative estimate of drug-likeness (QED) is 0.582. The summed E-state index contributed by atoms with van der Waals surface area (Å²) in [7, 11) is 1.49. The van der Waals surface area contributed by atoms with Crippen LogP contribution in [0.15, 0.2) is 12.3 Å². The molecule has 0 atom stereocenters. The molecule has 0 aliphatic carbocycles. The number of hydrogen-bond acceptors (Lipinski definition) is 3. The molecular weight excluding hydrogens is 197 g/mol. The zero-order valence-electron chi connectivity index (χ0n) is 8.87. The molecule has 5 heteroatoms. The Morgan fingerprint density at radius 1 is 1.69 bits per heavy atom. The van der Waals surface area contributed by atoms with Crippen molar-refractivity contribution >= 4 is 5.97 Å². The van der Waals surface area contributed by atoms with Gasteiger partial charge >= 0.3 is 57.4 Å². The minimum atomic E-state index is -1.05. The van der Waals surface area contributed by atoms with Crippen molar-refractivity contribution in [1.82, 2.24) is 4.98 Å². The average molecular weight is 207 g/mol. The first-order valence-corrected chi connectivity index (χ1v) is 3.39. The molecule has 0 aliphatic heterocycles. The van der Waals surface area contributed by atoms with Crippen molar-refractivity contribution in [1.29, 1.82) is 0 Å². The van der Waals surface area contributed by atoms with Gasteiger partial charge in [-0.2, -0.15) is 0 Å². The molecule has 0 spiro atoms. The summed E-state index contributed by atoms with van der Waals surface area (Å²) in [5.41, 5.74) is 0.819. The number of methoxy groups -OCH3 is 1. The molecule has 0 radical (unpaired) electrons. The van der Waals surface area contributed by atoms with E-state index in [4.69, 9.17) is 9.84 Å².